The molecule has 122 valence electrons. The molecule has 5 heteroatoms. The van der Waals surface area contributed by atoms with Crippen molar-refractivity contribution in [2.75, 3.05) is 6.54 Å². The second-order valence-electron chi connectivity index (χ2n) is 5.65. The molecule has 0 radical (unpaired) electrons. The Morgan fingerprint density at radius 1 is 1.42 bits per heavy atom. The average Bonchev–Trinajstić information content (AvgIpc) is 2.91. The van der Waals surface area contributed by atoms with Crippen LogP contribution in [0.15, 0.2) is 55.4 Å². The Labute approximate surface area is 139 Å². The maximum Gasteiger partial charge on any atom is 0.271 e. The van der Waals surface area contributed by atoms with Gasteiger partial charge < -0.3 is 9.88 Å². The van der Waals surface area contributed by atoms with E-state index in [1.807, 2.05) is 19.1 Å². The maximum atomic E-state index is 13.5. The van der Waals surface area contributed by atoms with Crippen LogP contribution in [0.2, 0.25) is 0 Å². The number of benzene rings is 1. The molecule has 24 heavy (non-hydrogen) atoms. The molecule has 3 aromatic rings. The Morgan fingerprint density at radius 2 is 2.25 bits per heavy atom. The lowest BCUT2D eigenvalue weighted by Gasteiger charge is -2.21. The summed E-state index contributed by atoms with van der Waals surface area (Å²) < 4.78 is 13.5. The molecule has 4 nitrogen and oxygen atoms in total. The third-order valence-corrected chi connectivity index (χ3v) is 3.97. The molecular formula is C19H18FN3O. The van der Waals surface area contributed by atoms with E-state index in [0.717, 1.165) is 22.0 Å². The molecule has 1 amide bonds. The van der Waals surface area contributed by atoms with Crippen molar-refractivity contribution in [3.05, 3.63) is 78.0 Å². The summed E-state index contributed by atoms with van der Waals surface area (Å²) in [6, 6.07) is 8.22. The first-order valence-corrected chi connectivity index (χ1v) is 7.67. The smallest absolute Gasteiger partial charge is 0.271 e. The van der Waals surface area contributed by atoms with Gasteiger partial charge in [0.1, 0.15) is 11.5 Å². The fourth-order valence-corrected chi connectivity index (χ4v) is 2.76. The molecule has 0 spiro atoms. The first-order valence-electron chi connectivity index (χ1n) is 7.67. The Balaban J connectivity index is 1.95. The van der Waals surface area contributed by atoms with E-state index in [9.17, 15) is 9.18 Å². The van der Waals surface area contributed by atoms with Crippen LogP contribution in [0.3, 0.4) is 0 Å². The highest BCUT2D eigenvalue weighted by Crippen LogP contribution is 2.24. The van der Waals surface area contributed by atoms with Gasteiger partial charge in [0.2, 0.25) is 0 Å². The number of fused-ring (bicyclic) bond motifs is 1. The van der Waals surface area contributed by atoms with E-state index in [-0.39, 0.29) is 11.7 Å². The summed E-state index contributed by atoms with van der Waals surface area (Å²) in [6.07, 6.45) is 5.11. The van der Waals surface area contributed by atoms with Crippen molar-refractivity contribution >= 4 is 16.8 Å². The zero-order valence-corrected chi connectivity index (χ0v) is 13.4. The summed E-state index contributed by atoms with van der Waals surface area (Å²) in [5, 5.41) is 0.721. The molecule has 2 heterocycles. The highest BCUT2D eigenvalue weighted by Gasteiger charge is 2.20. The van der Waals surface area contributed by atoms with Crippen molar-refractivity contribution in [3.8, 4) is 0 Å². The van der Waals surface area contributed by atoms with E-state index >= 15 is 0 Å². The number of aromatic nitrogens is 2. The monoisotopic (exact) mass is 323 g/mol. The number of pyridine rings is 1. The average molecular weight is 323 g/mol. The summed E-state index contributed by atoms with van der Waals surface area (Å²) >= 11 is 0. The lowest BCUT2D eigenvalue weighted by molar-refractivity contribution is 0.0757. The van der Waals surface area contributed by atoms with E-state index in [4.69, 9.17) is 0 Å². The van der Waals surface area contributed by atoms with Gasteiger partial charge in [0.25, 0.3) is 5.91 Å². The largest absolute Gasteiger partial charge is 0.350 e. The molecule has 0 saturated carbocycles. The summed E-state index contributed by atoms with van der Waals surface area (Å²) in [5.74, 6) is -0.463. The van der Waals surface area contributed by atoms with Crippen molar-refractivity contribution < 1.29 is 9.18 Å². The van der Waals surface area contributed by atoms with Crippen molar-refractivity contribution in [3.63, 3.8) is 0 Å². The van der Waals surface area contributed by atoms with E-state index in [1.54, 1.807) is 29.4 Å². The predicted molar refractivity (Wildman–Crippen MR) is 92.2 cm³/mol. The van der Waals surface area contributed by atoms with Crippen LogP contribution in [-0.4, -0.2) is 27.3 Å². The van der Waals surface area contributed by atoms with Gasteiger partial charge in [-0.2, -0.15) is 0 Å². The first kappa shape index (κ1) is 15.9. The lowest BCUT2D eigenvalue weighted by Crippen LogP contribution is -2.31. The number of rotatable bonds is 5. The zero-order valence-electron chi connectivity index (χ0n) is 13.4. The van der Waals surface area contributed by atoms with Crippen molar-refractivity contribution in [2.24, 2.45) is 0 Å². The Bertz CT molecular complexity index is 886. The number of aryl methyl sites for hydroxylation is 1. The molecule has 0 atom stereocenters. The van der Waals surface area contributed by atoms with Crippen LogP contribution in [0.4, 0.5) is 4.39 Å². The Morgan fingerprint density at radius 3 is 2.96 bits per heavy atom. The van der Waals surface area contributed by atoms with E-state index in [2.05, 4.69) is 16.5 Å². The molecule has 0 fully saturated rings. The molecule has 0 bridgehead atoms. The molecule has 0 unspecified atom stereocenters. The van der Waals surface area contributed by atoms with Gasteiger partial charge in [-0.3, -0.25) is 9.78 Å². The third kappa shape index (κ3) is 3.06. The zero-order chi connectivity index (χ0) is 17.1. The van der Waals surface area contributed by atoms with Gasteiger partial charge in [-0.1, -0.05) is 12.1 Å². The van der Waals surface area contributed by atoms with Crippen molar-refractivity contribution in [1.82, 2.24) is 14.9 Å². The predicted octanol–water partition coefficient (Wildman–Crippen LogP) is 3.84. The normalized spacial score (nSPS) is 10.8. The number of hydrogen-bond acceptors (Lipinski definition) is 2. The number of carbonyl (C=O) groups excluding carboxylic acids is 1. The molecule has 2 aromatic heterocycles. The van der Waals surface area contributed by atoms with Crippen LogP contribution in [0.5, 0.6) is 0 Å². The van der Waals surface area contributed by atoms with Crippen LogP contribution in [-0.2, 0) is 6.54 Å². The second kappa shape index (κ2) is 6.66. The molecule has 0 saturated heterocycles. The number of nitrogens with one attached hydrogen (secondary N) is 1. The quantitative estimate of drug-likeness (QED) is 0.725. The number of H-pyrrole nitrogens is 1. The SMILES string of the molecule is C=CCN(Cc1cccnc1)C(=O)c1[nH]c2ccc(F)cc2c1C. The van der Waals surface area contributed by atoms with Gasteiger partial charge in [-0.25, -0.2) is 4.39 Å². The molecule has 1 aromatic carbocycles. The second-order valence-corrected chi connectivity index (χ2v) is 5.65. The van der Waals surface area contributed by atoms with E-state index < -0.39 is 0 Å². The van der Waals surface area contributed by atoms with Gasteiger partial charge in [-0.15, -0.1) is 6.58 Å². The number of amides is 1. The summed E-state index contributed by atoms with van der Waals surface area (Å²) in [5.41, 5.74) is 2.90. The summed E-state index contributed by atoms with van der Waals surface area (Å²) in [4.78, 5) is 21.8. The van der Waals surface area contributed by atoms with Gasteiger partial charge >= 0.3 is 0 Å². The number of aromatic amines is 1. The molecule has 0 aliphatic rings. The molecule has 3 rings (SSSR count). The fraction of sp³-hybridized carbons (Fsp3) is 0.158. The number of halogens is 1. The molecule has 1 N–H and O–H groups in total. The minimum atomic E-state index is -0.318. The van der Waals surface area contributed by atoms with Gasteiger partial charge in [0.15, 0.2) is 0 Å². The molecule has 0 aliphatic carbocycles. The third-order valence-electron chi connectivity index (χ3n) is 3.97. The fourth-order valence-electron chi connectivity index (χ4n) is 2.76. The minimum Gasteiger partial charge on any atom is -0.350 e. The summed E-state index contributed by atoms with van der Waals surface area (Å²) in [7, 11) is 0. The Kier molecular flexibility index (Phi) is 4.42. The van der Waals surface area contributed by atoms with Crippen molar-refractivity contribution in [1.29, 1.82) is 0 Å². The number of hydrogen-bond donors (Lipinski definition) is 1. The highest BCUT2D eigenvalue weighted by atomic mass is 19.1. The first-order chi connectivity index (χ1) is 11.6. The van der Waals surface area contributed by atoms with Crippen molar-refractivity contribution in [2.45, 2.75) is 13.5 Å². The maximum absolute atomic E-state index is 13.5. The highest BCUT2D eigenvalue weighted by molar-refractivity contribution is 6.00. The van der Waals surface area contributed by atoms with Gasteiger partial charge in [0, 0.05) is 36.4 Å². The minimum absolute atomic E-state index is 0.145. The Hall–Kier alpha value is -2.95. The standard InChI is InChI=1S/C19H18FN3O/c1-3-9-23(12-14-5-4-8-21-11-14)19(24)18-13(2)16-10-15(20)6-7-17(16)22-18/h3-8,10-11,22H,1,9,12H2,2H3. The van der Waals surface area contributed by atoms with Gasteiger partial charge in [-0.05, 0) is 42.3 Å². The van der Waals surface area contributed by atoms with Crippen LogP contribution in [0, 0.1) is 12.7 Å². The van der Waals surface area contributed by atoms with Gasteiger partial charge in [0.05, 0.1) is 0 Å². The van der Waals surface area contributed by atoms with E-state index in [0.29, 0.717) is 18.8 Å². The topological polar surface area (TPSA) is 49.0 Å². The van der Waals surface area contributed by atoms with Crippen LogP contribution in [0.25, 0.3) is 10.9 Å². The van der Waals surface area contributed by atoms with Crippen LogP contribution < -0.4 is 0 Å². The summed E-state index contributed by atoms with van der Waals surface area (Å²) in [6.45, 7) is 6.39. The lowest BCUT2D eigenvalue weighted by atomic mass is 10.1. The van der Waals surface area contributed by atoms with E-state index in [1.165, 1.54) is 12.1 Å². The number of carbonyl (C=O) groups is 1. The molecular weight excluding hydrogens is 305 g/mol. The number of nitrogens with zero attached hydrogens (tertiary/aromatic N) is 2. The van der Waals surface area contributed by atoms with Crippen LogP contribution >= 0.6 is 0 Å². The molecule has 0 aliphatic heterocycles. The van der Waals surface area contributed by atoms with Crippen LogP contribution in [0.1, 0.15) is 21.6 Å².